The van der Waals surface area contributed by atoms with E-state index in [0.29, 0.717) is 4.77 Å². The Balaban J connectivity index is -0.000000311. The molecule has 0 spiro atoms. The molecule has 0 aliphatic rings. The van der Waals surface area contributed by atoms with Crippen molar-refractivity contribution in [1.29, 1.82) is 0 Å². The predicted octanol–water partition coefficient (Wildman–Crippen LogP) is 1.05. The van der Waals surface area contributed by atoms with Gasteiger partial charge in [0.05, 0.1) is 0 Å². The second-order valence-corrected chi connectivity index (χ2v) is 6.57. The van der Waals surface area contributed by atoms with Gasteiger partial charge in [-0.15, -0.1) is 19.8 Å². The van der Waals surface area contributed by atoms with Gasteiger partial charge in [0, 0.05) is 11.1 Å². The van der Waals surface area contributed by atoms with E-state index in [-0.39, 0.29) is 58.0 Å². The molecule has 0 fully saturated rings. The first-order valence-electron chi connectivity index (χ1n) is 8.08. The van der Waals surface area contributed by atoms with Crippen molar-refractivity contribution in [2.24, 2.45) is 0 Å². The molecule has 148 valence electrons. The van der Waals surface area contributed by atoms with Crippen LogP contribution in [0.5, 0.6) is 0 Å². The third-order valence-corrected chi connectivity index (χ3v) is 3.88. The van der Waals surface area contributed by atoms with Crippen LogP contribution in [0.3, 0.4) is 0 Å². The molecule has 0 aromatic carbocycles. The van der Waals surface area contributed by atoms with Crippen LogP contribution in [0.4, 0.5) is 0 Å². The fourth-order valence-electron chi connectivity index (χ4n) is 1.10. The molecule has 2 aromatic rings. The van der Waals surface area contributed by atoms with Gasteiger partial charge in [0.25, 0.3) is 0 Å². The number of hydrogen-bond donors (Lipinski definition) is 3. The molecule has 7 nitrogen and oxygen atoms in total. The Morgan fingerprint density at radius 2 is 1.89 bits per heavy atom. The number of halogens is 1. The molecular weight excluding hydrogens is 475 g/mol. The molecule has 0 atom stereocenters. The molecule has 2 aromatic heterocycles. The van der Waals surface area contributed by atoms with Crippen molar-refractivity contribution >= 4 is 39.9 Å². The van der Waals surface area contributed by atoms with E-state index in [1.165, 1.54) is 19.1 Å². The molecule has 0 unspecified atom stereocenters. The van der Waals surface area contributed by atoms with Crippen molar-refractivity contribution in [2.75, 3.05) is 17.7 Å². The van der Waals surface area contributed by atoms with E-state index in [9.17, 15) is 0 Å². The second kappa shape index (κ2) is 28.6. The Morgan fingerprint density at radius 1 is 1.26 bits per heavy atom. The van der Waals surface area contributed by atoms with E-state index in [1.54, 1.807) is 18.7 Å². The second-order valence-electron chi connectivity index (χ2n) is 4.31. The van der Waals surface area contributed by atoms with E-state index >= 15 is 0 Å². The molecule has 0 aliphatic heterocycles. The third kappa shape index (κ3) is 28.7. The zero-order valence-electron chi connectivity index (χ0n) is 16.1. The number of alkyl halides is 1. The summed E-state index contributed by atoms with van der Waals surface area (Å²) < 4.78 is 0.495. The summed E-state index contributed by atoms with van der Waals surface area (Å²) in [4.78, 5) is 7.60. The van der Waals surface area contributed by atoms with Gasteiger partial charge in [-0.3, -0.25) is 15.3 Å². The molecule has 11 heteroatoms. The minimum absolute atomic E-state index is 0. The fourth-order valence-corrected chi connectivity index (χ4v) is 2.28. The monoisotopic (exact) mass is 502 g/mol. The molecule has 3 N–H and O–H groups in total. The summed E-state index contributed by atoms with van der Waals surface area (Å²) in [5, 5.41) is 22.6. The van der Waals surface area contributed by atoms with Crippen molar-refractivity contribution in [3.63, 3.8) is 0 Å². The average molecular weight is 504 g/mol. The van der Waals surface area contributed by atoms with E-state index < -0.39 is 0 Å². The maximum Gasteiger partial charge on any atom is 1.00 e. The van der Waals surface area contributed by atoms with Crippen LogP contribution >= 0.6 is 39.9 Å². The number of aromatic amines is 3. The number of thioether (sulfide) groups is 1. The van der Waals surface area contributed by atoms with Gasteiger partial charge >= 0.3 is 51.4 Å². The van der Waals surface area contributed by atoms with Gasteiger partial charge in [0.2, 0.25) is 4.77 Å². The predicted molar refractivity (Wildman–Crippen MR) is 114 cm³/mol. The number of unbranched alkanes of at least 4 members (excludes halogenated alkanes) is 2. The first kappa shape index (κ1) is 32.1. The zero-order valence-corrected chi connectivity index (χ0v) is 22.5. The average Bonchev–Trinajstić information content (AvgIpc) is 3.32. The van der Waals surface area contributed by atoms with Crippen molar-refractivity contribution in [3.05, 3.63) is 42.7 Å². The number of aromatic nitrogens is 6. The number of rotatable bonds is 8. The molecule has 0 saturated carbocycles. The van der Waals surface area contributed by atoms with Crippen molar-refractivity contribution in [2.45, 2.75) is 37.8 Å². The van der Waals surface area contributed by atoms with E-state index in [0.717, 1.165) is 35.5 Å². The molecule has 2 heterocycles. The summed E-state index contributed by atoms with van der Waals surface area (Å²) in [5.41, 5.74) is 0. The van der Waals surface area contributed by atoms with Crippen LogP contribution in [-0.2, 0) is 0 Å². The third-order valence-electron chi connectivity index (χ3n) is 2.15. The van der Waals surface area contributed by atoms with Gasteiger partial charge < -0.3 is 5.11 Å². The first-order valence-corrected chi connectivity index (χ1v) is 10.6. The number of nitrogens with zero attached hydrogens (tertiary/aromatic N) is 3. The molecule has 27 heavy (non-hydrogen) atoms. The SMILES string of the molecule is C=CCCCBr.C=CCCCSc1ncn[nH]1.CC[O-].S=c1nc[nH][nH]1.[K+]. The number of allylic oxidation sites excluding steroid dienone is 2. The normalized spacial score (nSPS) is 8.41. The molecule has 0 radical (unpaired) electrons. The Bertz CT molecular complexity index is 549. The van der Waals surface area contributed by atoms with E-state index in [2.05, 4.69) is 71.7 Å². The van der Waals surface area contributed by atoms with Crippen molar-refractivity contribution in [3.8, 4) is 0 Å². The fraction of sp³-hybridized carbons (Fsp3) is 0.500. The van der Waals surface area contributed by atoms with Gasteiger partial charge in [0.15, 0.2) is 5.16 Å². The van der Waals surface area contributed by atoms with Crippen LogP contribution in [0.25, 0.3) is 0 Å². The Kier molecular flexibility index (Phi) is 34.0. The maximum atomic E-state index is 8.93. The molecular formula is C16H28BrKN6OS2. The van der Waals surface area contributed by atoms with Crippen molar-refractivity contribution in [1.82, 2.24) is 30.4 Å². The zero-order chi connectivity index (χ0) is 19.9. The minimum atomic E-state index is 0. The van der Waals surface area contributed by atoms with Crippen LogP contribution in [0.2, 0.25) is 0 Å². The van der Waals surface area contributed by atoms with Gasteiger partial charge in [-0.2, -0.15) is 5.10 Å². The summed E-state index contributed by atoms with van der Waals surface area (Å²) in [6.07, 6.45) is 11.4. The molecule has 0 aliphatic carbocycles. The Hall–Kier alpha value is 0.406. The molecule has 0 amide bonds. The van der Waals surface area contributed by atoms with Gasteiger partial charge in [-0.1, -0.05) is 46.8 Å². The van der Waals surface area contributed by atoms with E-state index in [1.807, 2.05) is 12.2 Å². The first-order chi connectivity index (χ1) is 12.7. The van der Waals surface area contributed by atoms with Crippen LogP contribution in [0.1, 0.15) is 32.6 Å². The Labute approximate surface area is 222 Å². The Morgan fingerprint density at radius 3 is 2.22 bits per heavy atom. The summed E-state index contributed by atoms with van der Waals surface area (Å²) in [7, 11) is 0. The smallest absolute Gasteiger partial charge is 0.855 e. The summed E-state index contributed by atoms with van der Waals surface area (Å²) in [6, 6.07) is 0. The van der Waals surface area contributed by atoms with Crippen molar-refractivity contribution < 1.29 is 56.5 Å². The number of H-pyrrole nitrogens is 3. The van der Waals surface area contributed by atoms with Crippen LogP contribution in [0.15, 0.2) is 43.1 Å². The summed E-state index contributed by atoms with van der Waals surface area (Å²) in [5.74, 6) is 1.07. The van der Waals surface area contributed by atoms with Crippen LogP contribution in [-0.4, -0.2) is 48.1 Å². The summed E-state index contributed by atoms with van der Waals surface area (Å²) in [6.45, 7) is 8.80. The van der Waals surface area contributed by atoms with Gasteiger partial charge in [0.1, 0.15) is 12.7 Å². The van der Waals surface area contributed by atoms with Crippen LogP contribution in [0, 0.1) is 4.77 Å². The van der Waals surface area contributed by atoms with E-state index in [4.69, 9.17) is 5.11 Å². The van der Waals surface area contributed by atoms with Gasteiger partial charge in [-0.05, 0) is 37.9 Å². The summed E-state index contributed by atoms with van der Waals surface area (Å²) >= 11 is 9.54. The molecule has 0 saturated heterocycles. The number of hydrogen-bond acceptors (Lipinski definition) is 6. The van der Waals surface area contributed by atoms with Gasteiger partial charge in [-0.25, -0.2) is 9.97 Å². The maximum absolute atomic E-state index is 8.93. The standard InChI is InChI=1S/C7H11N3S.C5H9Br.C2H3N3S.C2H5O.K/c1-2-3-4-5-11-7-8-6-9-10-7;1-2-3-4-5-6;6-2-3-1-4-5-2;1-2-3;/h2,6H,1,3-5H2,(H,8,9,10);2H,1,3-5H2;1H,(H2,3,4,5,6);2H2,1H3;/q;;;-1;+1. The number of nitrogens with one attached hydrogen (secondary N) is 3. The molecule has 0 bridgehead atoms. The quantitative estimate of drug-likeness (QED) is 0.124. The largest absolute Gasteiger partial charge is 1.00 e. The van der Waals surface area contributed by atoms with Crippen LogP contribution < -0.4 is 56.5 Å². The topological polar surface area (TPSA) is 109 Å². The minimum Gasteiger partial charge on any atom is -0.855 e. The molecule has 2 rings (SSSR count).